The van der Waals surface area contributed by atoms with Gasteiger partial charge < -0.3 is 15.7 Å². The average molecular weight is 208 g/mol. The van der Waals surface area contributed by atoms with Crippen molar-refractivity contribution in [2.24, 2.45) is 0 Å². The van der Waals surface area contributed by atoms with Gasteiger partial charge in [-0.2, -0.15) is 0 Å². The number of aromatic hydroxyl groups is 1. The monoisotopic (exact) mass is 208 g/mol. The maximum Gasteiger partial charge on any atom is 0.337 e. The molecule has 1 aromatic rings. The first-order valence-corrected chi connectivity index (χ1v) is 4.64. The summed E-state index contributed by atoms with van der Waals surface area (Å²) in [7, 11) is 0. The van der Waals surface area contributed by atoms with E-state index in [1.54, 1.807) is 6.07 Å². The van der Waals surface area contributed by atoms with Gasteiger partial charge in [-0.3, -0.25) is 10.9 Å². The summed E-state index contributed by atoms with van der Waals surface area (Å²) in [5.74, 6) is 0.111. The van der Waals surface area contributed by atoms with Crippen molar-refractivity contribution in [2.75, 3.05) is 22.6 Å². The van der Waals surface area contributed by atoms with Crippen molar-refractivity contribution in [1.29, 1.82) is 0 Å². The SMILES string of the molecule is CCNc1cc2c(cc1O)NC(=O)NN2. The van der Waals surface area contributed by atoms with Crippen LogP contribution in [0.2, 0.25) is 0 Å². The Labute approximate surface area is 86.6 Å². The highest BCUT2D eigenvalue weighted by molar-refractivity contribution is 5.98. The lowest BCUT2D eigenvalue weighted by atomic mass is 10.2. The number of fused-ring (bicyclic) bond motifs is 1. The van der Waals surface area contributed by atoms with Crippen LogP contribution >= 0.6 is 0 Å². The fourth-order valence-electron chi connectivity index (χ4n) is 1.40. The molecule has 15 heavy (non-hydrogen) atoms. The molecule has 1 aromatic carbocycles. The number of nitrogens with one attached hydrogen (secondary N) is 4. The van der Waals surface area contributed by atoms with E-state index in [-0.39, 0.29) is 11.8 Å². The van der Waals surface area contributed by atoms with Crippen molar-refractivity contribution in [2.45, 2.75) is 6.92 Å². The molecule has 0 saturated carbocycles. The molecule has 0 aliphatic carbocycles. The number of hydrazine groups is 1. The Kier molecular flexibility index (Phi) is 2.24. The molecule has 1 aliphatic heterocycles. The minimum atomic E-state index is -0.349. The summed E-state index contributed by atoms with van der Waals surface area (Å²) in [6, 6.07) is 2.87. The molecule has 5 N–H and O–H groups in total. The average Bonchev–Trinajstić information content (AvgIpc) is 2.20. The molecule has 0 radical (unpaired) electrons. The number of rotatable bonds is 2. The van der Waals surface area contributed by atoms with Gasteiger partial charge in [0.15, 0.2) is 0 Å². The van der Waals surface area contributed by atoms with Crippen LogP contribution < -0.4 is 21.5 Å². The van der Waals surface area contributed by atoms with Crippen LogP contribution in [0.4, 0.5) is 21.9 Å². The fourth-order valence-corrected chi connectivity index (χ4v) is 1.40. The highest BCUT2D eigenvalue weighted by atomic mass is 16.3. The number of carbonyl (C=O) groups excluding carboxylic acids is 1. The maximum atomic E-state index is 11.0. The highest BCUT2D eigenvalue weighted by Gasteiger charge is 2.15. The number of urea groups is 1. The van der Waals surface area contributed by atoms with Gasteiger partial charge in [-0.15, -0.1) is 0 Å². The van der Waals surface area contributed by atoms with Gasteiger partial charge in [-0.05, 0) is 13.0 Å². The van der Waals surface area contributed by atoms with Crippen molar-refractivity contribution in [3.05, 3.63) is 12.1 Å². The number of carbonyl (C=O) groups is 1. The second-order valence-electron chi connectivity index (χ2n) is 3.15. The summed E-state index contributed by atoms with van der Waals surface area (Å²) in [6.45, 7) is 2.65. The Bertz CT molecular complexity index is 405. The first kappa shape index (κ1) is 9.45. The van der Waals surface area contributed by atoms with Gasteiger partial charge in [0.05, 0.1) is 17.1 Å². The Hall–Kier alpha value is -2.11. The first-order valence-electron chi connectivity index (χ1n) is 4.64. The van der Waals surface area contributed by atoms with Gasteiger partial charge in [0, 0.05) is 12.6 Å². The van der Waals surface area contributed by atoms with Crippen LogP contribution in [-0.2, 0) is 0 Å². The number of anilines is 3. The molecule has 1 heterocycles. The Morgan fingerprint density at radius 3 is 2.87 bits per heavy atom. The molecule has 0 fully saturated rings. The van der Waals surface area contributed by atoms with Crippen molar-refractivity contribution < 1.29 is 9.90 Å². The molecule has 2 amide bonds. The summed E-state index contributed by atoms with van der Waals surface area (Å²) in [5.41, 5.74) is 7.03. The minimum Gasteiger partial charge on any atom is -0.506 e. The standard InChI is InChI=1S/C9H12N4O2/c1-2-10-7-3-6-5(4-8(7)14)11-9(15)13-12-6/h3-4,10,12,14H,2H2,1H3,(H2,11,13,15). The second-order valence-corrected chi connectivity index (χ2v) is 3.15. The van der Waals surface area contributed by atoms with Crippen molar-refractivity contribution in [3.8, 4) is 5.75 Å². The largest absolute Gasteiger partial charge is 0.506 e. The predicted molar refractivity (Wildman–Crippen MR) is 58.0 cm³/mol. The molecule has 6 heteroatoms. The zero-order chi connectivity index (χ0) is 10.8. The topological polar surface area (TPSA) is 85.4 Å². The lowest BCUT2D eigenvalue weighted by Gasteiger charge is -2.21. The number of amides is 2. The molecule has 0 atom stereocenters. The zero-order valence-electron chi connectivity index (χ0n) is 8.22. The Morgan fingerprint density at radius 2 is 2.13 bits per heavy atom. The van der Waals surface area contributed by atoms with E-state index in [1.807, 2.05) is 6.92 Å². The normalized spacial score (nSPS) is 13.3. The third-order valence-electron chi connectivity index (χ3n) is 2.06. The number of benzene rings is 1. The maximum absolute atomic E-state index is 11.0. The van der Waals surface area contributed by atoms with E-state index in [0.717, 1.165) is 0 Å². The molecule has 0 saturated heterocycles. The molecular formula is C9H12N4O2. The van der Waals surface area contributed by atoms with Gasteiger partial charge in [0.2, 0.25) is 0 Å². The van der Waals surface area contributed by atoms with Crippen LogP contribution in [0.15, 0.2) is 12.1 Å². The number of phenolic OH excluding ortho intramolecular Hbond substituents is 1. The van der Waals surface area contributed by atoms with E-state index in [0.29, 0.717) is 23.6 Å². The lowest BCUT2D eigenvalue weighted by Crippen LogP contribution is -2.38. The zero-order valence-corrected chi connectivity index (χ0v) is 8.22. The fraction of sp³-hybridized carbons (Fsp3) is 0.222. The molecule has 0 bridgehead atoms. The second kappa shape index (κ2) is 3.56. The molecule has 2 rings (SSSR count). The first-order chi connectivity index (χ1) is 7.20. The van der Waals surface area contributed by atoms with E-state index >= 15 is 0 Å². The molecule has 80 valence electrons. The third-order valence-corrected chi connectivity index (χ3v) is 2.06. The number of phenols is 1. The van der Waals surface area contributed by atoms with Crippen molar-refractivity contribution >= 4 is 23.1 Å². The molecule has 0 spiro atoms. The predicted octanol–water partition coefficient (Wildman–Crippen LogP) is 1.29. The summed E-state index contributed by atoms with van der Waals surface area (Å²) < 4.78 is 0. The van der Waals surface area contributed by atoms with Gasteiger partial charge in [0.1, 0.15) is 5.75 Å². The van der Waals surface area contributed by atoms with Gasteiger partial charge >= 0.3 is 6.03 Å². The van der Waals surface area contributed by atoms with Crippen molar-refractivity contribution in [3.63, 3.8) is 0 Å². The van der Waals surface area contributed by atoms with Gasteiger partial charge in [0.25, 0.3) is 0 Å². The third kappa shape index (κ3) is 1.74. The van der Waals surface area contributed by atoms with Gasteiger partial charge in [-0.25, -0.2) is 4.79 Å². The summed E-state index contributed by atoms with van der Waals surface area (Å²) in [6.07, 6.45) is 0. The molecule has 1 aliphatic rings. The van der Waals surface area contributed by atoms with Crippen LogP contribution in [-0.4, -0.2) is 17.7 Å². The molecular weight excluding hydrogens is 196 g/mol. The molecule has 0 aromatic heterocycles. The van der Waals surface area contributed by atoms with Crippen LogP contribution in [0.3, 0.4) is 0 Å². The summed E-state index contributed by atoms with van der Waals surface area (Å²) in [4.78, 5) is 11.0. The van der Waals surface area contributed by atoms with Crippen LogP contribution in [0.1, 0.15) is 6.92 Å². The van der Waals surface area contributed by atoms with E-state index in [2.05, 4.69) is 21.5 Å². The Morgan fingerprint density at radius 1 is 1.33 bits per heavy atom. The van der Waals surface area contributed by atoms with Crippen LogP contribution in [0, 0.1) is 0 Å². The summed E-state index contributed by atoms with van der Waals surface area (Å²) >= 11 is 0. The van der Waals surface area contributed by atoms with Crippen LogP contribution in [0.25, 0.3) is 0 Å². The van der Waals surface area contributed by atoms with E-state index in [9.17, 15) is 9.90 Å². The van der Waals surface area contributed by atoms with Crippen LogP contribution in [0.5, 0.6) is 5.75 Å². The minimum absolute atomic E-state index is 0.111. The Balaban J connectivity index is 2.37. The highest BCUT2D eigenvalue weighted by Crippen LogP contribution is 2.34. The smallest absolute Gasteiger partial charge is 0.337 e. The number of hydrogen-bond acceptors (Lipinski definition) is 4. The lowest BCUT2D eigenvalue weighted by molar-refractivity contribution is 0.253. The molecule has 0 unspecified atom stereocenters. The van der Waals surface area contributed by atoms with E-state index in [1.165, 1.54) is 6.07 Å². The van der Waals surface area contributed by atoms with Gasteiger partial charge in [-0.1, -0.05) is 0 Å². The number of hydrogen-bond donors (Lipinski definition) is 5. The van der Waals surface area contributed by atoms with E-state index in [4.69, 9.17) is 0 Å². The van der Waals surface area contributed by atoms with E-state index < -0.39 is 0 Å². The summed E-state index contributed by atoms with van der Waals surface area (Å²) in [5, 5.41) is 15.2. The molecule has 6 nitrogen and oxygen atoms in total. The quantitative estimate of drug-likeness (QED) is 0.374. The van der Waals surface area contributed by atoms with Crippen molar-refractivity contribution in [1.82, 2.24) is 5.43 Å².